The van der Waals surface area contributed by atoms with Gasteiger partial charge >= 0.3 is 0 Å². The number of benzene rings is 2. The van der Waals surface area contributed by atoms with Gasteiger partial charge in [0.05, 0.1) is 14.2 Å². The largest absolute Gasteiger partial charge is 0.497 e. The standard InChI is InChI=1S/C21H28N2O4/c1-21(2,3)23-20(24)14-27-18-11-6-15(12-19(18)26-5)13-22-16-7-9-17(25-4)10-8-16/h6-12,22H,13-14H2,1-5H3,(H,23,24). The van der Waals surface area contributed by atoms with E-state index in [1.54, 1.807) is 14.2 Å². The molecule has 0 saturated carbocycles. The third-order valence-corrected chi connectivity index (χ3v) is 3.69. The van der Waals surface area contributed by atoms with Crippen LogP contribution in [0, 0.1) is 0 Å². The summed E-state index contributed by atoms with van der Waals surface area (Å²) < 4.78 is 16.2. The summed E-state index contributed by atoms with van der Waals surface area (Å²) in [4.78, 5) is 11.9. The van der Waals surface area contributed by atoms with Gasteiger partial charge in [0.25, 0.3) is 5.91 Å². The summed E-state index contributed by atoms with van der Waals surface area (Å²) in [6.45, 7) is 6.35. The van der Waals surface area contributed by atoms with Crippen LogP contribution in [0.2, 0.25) is 0 Å². The summed E-state index contributed by atoms with van der Waals surface area (Å²) in [5.41, 5.74) is 1.74. The third-order valence-electron chi connectivity index (χ3n) is 3.69. The molecule has 0 bridgehead atoms. The Kier molecular flexibility index (Phi) is 6.93. The molecule has 0 aliphatic heterocycles. The van der Waals surface area contributed by atoms with Crippen LogP contribution < -0.4 is 24.8 Å². The van der Waals surface area contributed by atoms with Gasteiger partial charge in [0, 0.05) is 17.8 Å². The zero-order valence-corrected chi connectivity index (χ0v) is 16.6. The van der Waals surface area contributed by atoms with Crippen molar-refractivity contribution in [2.75, 3.05) is 26.1 Å². The van der Waals surface area contributed by atoms with Crippen LogP contribution in [-0.4, -0.2) is 32.3 Å². The highest BCUT2D eigenvalue weighted by atomic mass is 16.5. The van der Waals surface area contributed by atoms with E-state index in [9.17, 15) is 4.79 Å². The molecule has 0 fully saturated rings. The van der Waals surface area contributed by atoms with Crippen LogP contribution in [0.25, 0.3) is 0 Å². The van der Waals surface area contributed by atoms with Crippen molar-refractivity contribution in [1.82, 2.24) is 5.32 Å². The van der Waals surface area contributed by atoms with Crippen LogP contribution in [0.15, 0.2) is 42.5 Å². The molecule has 0 saturated heterocycles. The van der Waals surface area contributed by atoms with Gasteiger partial charge in [-0.1, -0.05) is 6.07 Å². The maximum Gasteiger partial charge on any atom is 0.258 e. The summed E-state index contributed by atoms with van der Waals surface area (Å²) in [6, 6.07) is 13.4. The first kappa shape index (κ1) is 20.4. The first-order chi connectivity index (χ1) is 12.8. The highest BCUT2D eigenvalue weighted by Crippen LogP contribution is 2.28. The number of hydrogen-bond acceptors (Lipinski definition) is 5. The quantitative estimate of drug-likeness (QED) is 0.741. The van der Waals surface area contributed by atoms with E-state index in [0.29, 0.717) is 18.0 Å². The van der Waals surface area contributed by atoms with Crippen LogP contribution in [0.5, 0.6) is 17.2 Å². The summed E-state index contributed by atoms with van der Waals surface area (Å²) >= 11 is 0. The maximum absolute atomic E-state index is 11.9. The van der Waals surface area contributed by atoms with E-state index in [2.05, 4.69) is 10.6 Å². The molecule has 1 amide bonds. The van der Waals surface area contributed by atoms with Crippen molar-refractivity contribution < 1.29 is 19.0 Å². The topological polar surface area (TPSA) is 68.8 Å². The second-order valence-electron chi connectivity index (χ2n) is 7.15. The molecule has 0 heterocycles. The van der Waals surface area contributed by atoms with Gasteiger partial charge in [0.15, 0.2) is 18.1 Å². The molecule has 6 heteroatoms. The lowest BCUT2D eigenvalue weighted by Gasteiger charge is -2.20. The molecule has 6 nitrogen and oxygen atoms in total. The number of carbonyl (C=O) groups excluding carboxylic acids is 1. The Bertz CT molecular complexity index is 752. The first-order valence-electron chi connectivity index (χ1n) is 8.79. The Morgan fingerprint density at radius 2 is 1.67 bits per heavy atom. The molecule has 0 aromatic heterocycles. The minimum absolute atomic E-state index is 0.0585. The fraction of sp³-hybridized carbons (Fsp3) is 0.381. The number of rotatable bonds is 8. The molecule has 0 aliphatic rings. The number of ether oxygens (including phenoxy) is 3. The number of nitrogens with one attached hydrogen (secondary N) is 2. The average Bonchev–Trinajstić information content (AvgIpc) is 2.64. The molecule has 0 spiro atoms. The van der Waals surface area contributed by atoms with Crippen molar-refractivity contribution in [2.45, 2.75) is 32.9 Å². The van der Waals surface area contributed by atoms with Crippen LogP contribution >= 0.6 is 0 Å². The SMILES string of the molecule is COc1ccc(NCc2ccc(OCC(=O)NC(C)(C)C)c(OC)c2)cc1. The molecule has 0 atom stereocenters. The van der Waals surface area contributed by atoms with Gasteiger partial charge in [0.1, 0.15) is 5.75 Å². The van der Waals surface area contributed by atoms with E-state index in [0.717, 1.165) is 17.0 Å². The maximum atomic E-state index is 11.9. The summed E-state index contributed by atoms with van der Waals surface area (Å²) in [7, 11) is 3.23. The Balaban J connectivity index is 1.95. The monoisotopic (exact) mass is 372 g/mol. The van der Waals surface area contributed by atoms with Gasteiger partial charge in [0.2, 0.25) is 0 Å². The molecule has 0 aliphatic carbocycles. The van der Waals surface area contributed by atoms with E-state index < -0.39 is 0 Å². The summed E-state index contributed by atoms with van der Waals surface area (Å²) in [6.07, 6.45) is 0. The molecule has 2 N–H and O–H groups in total. The minimum atomic E-state index is -0.290. The van der Waals surface area contributed by atoms with E-state index in [-0.39, 0.29) is 18.1 Å². The minimum Gasteiger partial charge on any atom is -0.497 e. The van der Waals surface area contributed by atoms with Crippen molar-refractivity contribution in [3.63, 3.8) is 0 Å². The van der Waals surface area contributed by atoms with Gasteiger partial charge in [-0.2, -0.15) is 0 Å². The molecule has 146 valence electrons. The molecule has 0 radical (unpaired) electrons. The number of methoxy groups -OCH3 is 2. The molecule has 2 aromatic rings. The van der Waals surface area contributed by atoms with Crippen LogP contribution in [0.1, 0.15) is 26.3 Å². The van der Waals surface area contributed by atoms with Gasteiger partial charge in [-0.05, 0) is 62.7 Å². The van der Waals surface area contributed by atoms with Crippen LogP contribution in [0.3, 0.4) is 0 Å². The van der Waals surface area contributed by atoms with Gasteiger partial charge in [-0.3, -0.25) is 4.79 Å². The number of hydrogen-bond donors (Lipinski definition) is 2. The zero-order valence-electron chi connectivity index (χ0n) is 16.6. The Hall–Kier alpha value is -2.89. The van der Waals surface area contributed by atoms with Gasteiger partial charge in [-0.25, -0.2) is 0 Å². The van der Waals surface area contributed by atoms with Crippen LogP contribution in [-0.2, 0) is 11.3 Å². The summed E-state index contributed by atoms with van der Waals surface area (Å²) in [5, 5.41) is 6.20. The smallest absolute Gasteiger partial charge is 0.258 e. The molecular formula is C21H28N2O4. The fourth-order valence-corrected chi connectivity index (χ4v) is 2.45. The third kappa shape index (κ3) is 6.73. The second kappa shape index (κ2) is 9.16. The number of anilines is 1. The predicted molar refractivity (Wildman–Crippen MR) is 107 cm³/mol. The van der Waals surface area contributed by atoms with Crippen molar-refractivity contribution in [3.05, 3.63) is 48.0 Å². The van der Waals surface area contributed by atoms with Crippen molar-refractivity contribution in [1.29, 1.82) is 0 Å². The average molecular weight is 372 g/mol. The highest BCUT2D eigenvalue weighted by molar-refractivity contribution is 5.78. The van der Waals surface area contributed by atoms with Crippen molar-refractivity contribution in [2.24, 2.45) is 0 Å². The van der Waals surface area contributed by atoms with Crippen LogP contribution in [0.4, 0.5) is 5.69 Å². The molecule has 27 heavy (non-hydrogen) atoms. The normalized spacial score (nSPS) is 10.9. The zero-order chi connectivity index (χ0) is 19.9. The lowest BCUT2D eigenvalue weighted by molar-refractivity contribution is -0.124. The molecule has 2 rings (SSSR count). The lowest BCUT2D eigenvalue weighted by Crippen LogP contribution is -2.43. The van der Waals surface area contributed by atoms with E-state index >= 15 is 0 Å². The van der Waals surface area contributed by atoms with E-state index in [4.69, 9.17) is 14.2 Å². The van der Waals surface area contributed by atoms with E-state index in [1.165, 1.54) is 0 Å². The van der Waals surface area contributed by atoms with Crippen molar-refractivity contribution in [3.8, 4) is 17.2 Å². The number of carbonyl (C=O) groups is 1. The van der Waals surface area contributed by atoms with Gasteiger partial charge < -0.3 is 24.8 Å². The lowest BCUT2D eigenvalue weighted by atomic mass is 10.1. The Morgan fingerprint density at radius 1 is 0.963 bits per heavy atom. The number of amides is 1. The summed E-state index contributed by atoms with van der Waals surface area (Å²) in [5.74, 6) is 1.77. The van der Waals surface area contributed by atoms with Crippen molar-refractivity contribution >= 4 is 11.6 Å². The molecule has 0 unspecified atom stereocenters. The van der Waals surface area contributed by atoms with Gasteiger partial charge in [-0.15, -0.1) is 0 Å². The van der Waals surface area contributed by atoms with E-state index in [1.807, 2.05) is 63.2 Å². The predicted octanol–water partition coefficient (Wildman–Crippen LogP) is 3.61. The Morgan fingerprint density at radius 3 is 2.26 bits per heavy atom. The molecular weight excluding hydrogens is 344 g/mol. The fourth-order valence-electron chi connectivity index (χ4n) is 2.45. The Labute approximate surface area is 160 Å². The first-order valence-corrected chi connectivity index (χ1v) is 8.79. The second-order valence-corrected chi connectivity index (χ2v) is 7.15. The highest BCUT2D eigenvalue weighted by Gasteiger charge is 2.15. The molecule has 2 aromatic carbocycles.